The third kappa shape index (κ3) is 2.80. The highest BCUT2D eigenvalue weighted by atomic mass is 32.2. The number of para-hydroxylation sites is 1. The van der Waals surface area contributed by atoms with Crippen LogP contribution in [-0.2, 0) is 19.4 Å². The Morgan fingerprint density at radius 1 is 1.11 bits per heavy atom. The Morgan fingerprint density at radius 2 is 1.81 bits per heavy atom. The molecule has 8 nitrogen and oxygen atoms in total. The van der Waals surface area contributed by atoms with Crippen molar-refractivity contribution in [1.82, 2.24) is 5.32 Å². The Balaban J connectivity index is 2.26. The maximum Gasteiger partial charge on any atom is 0.350 e. The number of urea groups is 1. The number of amides is 2. The maximum atomic E-state index is 13.6. The van der Waals surface area contributed by atoms with Gasteiger partial charge in [-0.25, -0.2) is 18.0 Å². The van der Waals surface area contributed by atoms with Crippen molar-refractivity contribution in [3.8, 4) is 5.75 Å². The van der Waals surface area contributed by atoms with Crippen LogP contribution in [0.5, 0.6) is 5.75 Å². The molecule has 0 aromatic heterocycles. The van der Waals surface area contributed by atoms with Crippen LogP contribution in [0.4, 0.5) is 10.5 Å². The van der Waals surface area contributed by atoms with Crippen LogP contribution >= 0.6 is 0 Å². The number of carbonyl (C=O) groups is 2. The summed E-state index contributed by atoms with van der Waals surface area (Å²) in [5.74, 6) is -0.757. The molecule has 0 saturated carbocycles. The lowest BCUT2D eigenvalue weighted by atomic mass is 10.2. The molecule has 27 heavy (non-hydrogen) atoms. The van der Waals surface area contributed by atoms with E-state index in [0.717, 1.165) is 12.0 Å². The molecule has 1 aliphatic rings. The predicted molar refractivity (Wildman–Crippen MR) is 97.2 cm³/mol. The number of sulfone groups is 1. The quantitative estimate of drug-likeness (QED) is 0.778. The van der Waals surface area contributed by atoms with Gasteiger partial charge in [-0.2, -0.15) is 0 Å². The molecule has 1 N–H and O–H groups in total. The molecule has 2 aromatic carbocycles. The van der Waals surface area contributed by atoms with Crippen LogP contribution in [0.25, 0.3) is 0 Å². The number of esters is 1. The Labute approximate surface area is 156 Å². The fraction of sp³-hybridized carbons (Fsp3) is 0.222. The van der Waals surface area contributed by atoms with Crippen LogP contribution in [0.2, 0.25) is 0 Å². The first-order valence-electron chi connectivity index (χ1n) is 7.98. The highest BCUT2D eigenvalue weighted by Crippen LogP contribution is 2.38. The predicted octanol–water partition coefficient (Wildman–Crippen LogP) is 1.57. The summed E-state index contributed by atoms with van der Waals surface area (Å²) in [4.78, 5) is 23.8. The summed E-state index contributed by atoms with van der Waals surface area (Å²) in [5, 5.41) is 2.45. The maximum absolute atomic E-state index is 13.6. The van der Waals surface area contributed by atoms with Crippen molar-refractivity contribution in [2.24, 2.45) is 0 Å². The van der Waals surface area contributed by atoms with Crippen molar-refractivity contribution in [1.29, 1.82) is 0 Å². The fourth-order valence-electron chi connectivity index (χ4n) is 3.03. The van der Waals surface area contributed by atoms with Crippen molar-refractivity contribution < 1.29 is 27.5 Å². The minimum absolute atomic E-state index is 0.162. The smallest absolute Gasteiger partial charge is 0.350 e. The zero-order valence-electron chi connectivity index (χ0n) is 14.7. The Hall–Kier alpha value is -3.07. The number of rotatable bonds is 5. The number of hydrogen-bond donors (Lipinski definition) is 1. The second-order valence-electron chi connectivity index (χ2n) is 5.79. The molecule has 9 heteroatoms. The first kappa shape index (κ1) is 18.7. The van der Waals surface area contributed by atoms with Crippen LogP contribution in [0.3, 0.4) is 0 Å². The molecule has 1 saturated heterocycles. The molecule has 0 bridgehead atoms. The van der Waals surface area contributed by atoms with E-state index < -0.39 is 33.3 Å². The largest absolute Gasteiger partial charge is 0.497 e. The zero-order valence-corrected chi connectivity index (χ0v) is 15.5. The molecule has 1 atom stereocenters. The van der Waals surface area contributed by atoms with Crippen LogP contribution in [0.1, 0.15) is 0 Å². The van der Waals surface area contributed by atoms with Crippen molar-refractivity contribution in [2.75, 3.05) is 25.7 Å². The van der Waals surface area contributed by atoms with Crippen molar-refractivity contribution in [3.05, 3.63) is 54.6 Å². The van der Waals surface area contributed by atoms with Crippen molar-refractivity contribution in [2.45, 2.75) is 9.77 Å². The lowest BCUT2D eigenvalue weighted by Gasteiger charge is -2.33. The van der Waals surface area contributed by atoms with Gasteiger partial charge in [0.05, 0.1) is 25.7 Å². The summed E-state index contributed by atoms with van der Waals surface area (Å²) in [7, 11) is -1.90. The lowest BCUT2D eigenvalue weighted by Crippen LogP contribution is -2.60. The van der Waals surface area contributed by atoms with E-state index >= 15 is 0 Å². The molecule has 0 spiro atoms. The third-order valence-corrected chi connectivity index (χ3v) is 6.62. The van der Waals surface area contributed by atoms with E-state index in [4.69, 9.17) is 9.47 Å². The molecule has 3 rings (SSSR count). The number of ether oxygens (including phenoxy) is 2. The zero-order chi connectivity index (χ0) is 19.7. The molecule has 1 fully saturated rings. The van der Waals surface area contributed by atoms with E-state index in [2.05, 4.69) is 5.32 Å². The molecule has 1 aliphatic heterocycles. The Bertz CT molecular complexity index is 976. The minimum Gasteiger partial charge on any atom is -0.497 e. The number of hydrogen-bond acceptors (Lipinski definition) is 6. The molecular formula is C18H18N2O6S. The highest BCUT2D eigenvalue weighted by molar-refractivity contribution is 7.93. The highest BCUT2D eigenvalue weighted by Gasteiger charge is 2.63. The summed E-state index contributed by atoms with van der Waals surface area (Å²) in [6.45, 7) is -0.451. The summed E-state index contributed by atoms with van der Waals surface area (Å²) in [6.07, 6.45) is 0. The van der Waals surface area contributed by atoms with E-state index in [1.54, 1.807) is 36.4 Å². The molecule has 2 aromatic rings. The monoisotopic (exact) mass is 390 g/mol. The number of benzene rings is 2. The number of nitrogens with zero attached hydrogens (tertiary/aromatic N) is 1. The number of carbonyl (C=O) groups excluding carboxylic acids is 2. The summed E-state index contributed by atoms with van der Waals surface area (Å²) < 4.78 is 37.0. The summed E-state index contributed by atoms with van der Waals surface area (Å²) in [6, 6.07) is 13.1. The van der Waals surface area contributed by atoms with Gasteiger partial charge < -0.3 is 14.8 Å². The van der Waals surface area contributed by atoms with E-state index in [0.29, 0.717) is 5.75 Å². The van der Waals surface area contributed by atoms with E-state index in [9.17, 15) is 18.0 Å². The second-order valence-corrected chi connectivity index (χ2v) is 7.94. The standard InChI is InChI=1S/C18H18N2O6S/c1-25-14-9-6-10-15(11-14)27(23,24)18(16(21)26-2)12-19-17(22)20(18)13-7-4-3-5-8-13/h3-11H,12H2,1-2H3,(H,19,22). The average Bonchev–Trinajstić information content (AvgIpc) is 3.06. The minimum atomic E-state index is -4.39. The summed E-state index contributed by atoms with van der Waals surface area (Å²) in [5.41, 5.74) is 0.254. The van der Waals surface area contributed by atoms with Gasteiger partial charge in [0, 0.05) is 5.69 Å². The van der Waals surface area contributed by atoms with Gasteiger partial charge in [0.15, 0.2) is 0 Å². The number of methoxy groups -OCH3 is 2. The topological polar surface area (TPSA) is 102 Å². The first-order chi connectivity index (χ1) is 12.9. The van der Waals surface area contributed by atoms with Gasteiger partial charge in [-0.3, -0.25) is 4.90 Å². The molecule has 0 aliphatic carbocycles. The van der Waals surface area contributed by atoms with Crippen molar-refractivity contribution in [3.63, 3.8) is 0 Å². The van der Waals surface area contributed by atoms with Crippen LogP contribution < -0.4 is 15.0 Å². The fourth-order valence-corrected chi connectivity index (χ4v) is 4.94. The van der Waals surface area contributed by atoms with Crippen LogP contribution in [0.15, 0.2) is 59.5 Å². The lowest BCUT2D eigenvalue weighted by molar-refractivity contribution is -0.143. The van der Waals surface area contributed by atoms with Gasteiger partial charge in [-0.05, 0) is 30.3 Å². The third-order valence-electron chi connectivity index (χ3n) is 4.36. The van der Waals surface area contributed by atoms with Crippen LogP contribution in [-0.4, -0.2) is 46.1 Å². The number of nitrogens with one attached hydrogen (secondary N) is 1. The molecule has 1 heterocycles. The molecular weight excluding hydrogens is 372 g/mol. The van der Waals surface area contributed by atoms with Gasteiger partial charge in [0.25, 0.3) is 4.87 Å². The molecule has 0 radical (unpaired) electrons. The van der Waals surface area contributed by atoms with Gasteiger partial charge in [-0.1, -0.05) is 24.3 Å². The van der Waals surface area contributed by atoms with Gasteiger partial charge in [-0.15, -0.1) is 0 Å². The van der Waals surface area contributed by atoms with Gasteiger partial charge in [0.1, 0.15) is 5.75 Å². The Morgan fingerprint density at radius 3 is 2.44 bits per heavy atom. The van der Waals surface area contributed by atoms with E-state index in [-0.39, 0.29) is 10.6 Å². The Kier molecular flexibility index (Phi) is 4.79. The van der Waals surface area contributed by atoms with Gasteiger partial charge >= 0.3 is 12.0 Å². The van der Waals surface area contributed by atoms with Crippen molar-refractivity contribution >= 4 is 27.5 Å². The molecule has 142 valence electrons. The van der Waals surface area contributed by atoms with E-state index in [1.807, 2.05) is 0 Å². The first-order valence-corrected chi connectivity index (χ1v) is 9.47. The SMILES string of the molecule is COC(=O)C1(S(=O)(=O)c2cccc(OC)c2)CNC(=O)N1c1ccccc1. The van der Waals surface area contributed by atoms with Crippen LogP contribution in [0, 0.1) is 0 Å². The second kappa shape index (κ2) is 6.92. The molecule has 2 amide bonds. The molecule has 1 unspecified atom stereocenters. The normalized spacial score (nSPS) is 19.5. The van der Waals surface area contributed by atoms with E-state index in [1.165, 1.54) is 25.3 Å². The summed E-state index contributed by atoms with van der Waals surface area (Å²) >= 11 is 0. The number of anilines is 1. The van der Waals surface area contributed by atoms with Gasteiger partial charge in [0.2, 0.25) is 9.84 Å². The average molecular weight is 390 g/mol.